The maximum atomic E-state index is 14.4. The van der Waals surface area contributed by atoms with Crippen LogP contribution in [0.1, 0.15) is 97.3 Å². The summed E-state index contributed by atoms with van der Waals surface area (Å²) in [6.07, 6.45) is 7.23. The third-order valence-electron chi connectivity index (χ3n) is 8.06. The minimum Gasteiger partial charge on any atom is -0.298 e. The van der Waals surface area contributed by atoms with E-state index in [9.17, 15) is 19.2 Å². The molecule has 0 N–H and O–H groups in total. The highest BCUT2D eigenvalue weighted by Gasteiger charge is 2.60. The Morgan fingerprint density at radius 2 is 1.57 bits per heavy atom. The molecule has 0 aliphatic heterocycles. The van der Waals surface area contributed by atoms with Gasteiger partial charge in [-0.1, -0.05) is 78.6 Å². The van der Waals surface area contributed by atoms with Crippen LogP contribution >= 0.6 is 0 Å². The fourth-order valence-corrected chi connectivity index (χ4v) is 5.85. The average molecular weight is 503 g/mol. The molecule has 1 fully saturated rings. The number of ketones is 4. The molecule has 0 heterocycles. The van der Waals surface area contributed by atoms with E-state index in [1.807, 2.05) is 39.8 Å². The van der Waals surface area contributed by atoms with Crippen molar-refractivity contribution in [1.29, 1.82) is 0 Å². The molecule has 0 bridgehead atoms. The molecule has 37 heavy (non-hydrogen) atoms. The van der Waals surface area contributed by atoms with Crippen LogP contribution in [-0.2, 0) is 14.4 Å². The summed E-state index contributed by atoms with van der Waals surface area (Å²) < 4.78 is 0. The fraction of sp³-hybridized carbons (Fsp3) is 0.515. The highest BCUT2D eigenvalue weighted by Crippen LogP contribution is 2.48. The Balaban J connectivity index is 2.19. The van der Waals surface area contributed by atoms with Crippen molar-refractivity contribution in [2.45, 2.75) is 87.0 Å². The number of hydrogen-bond donors (Lipinski definition) is 0. The minimum absolute atomic E-state index is 0.176. The van der Waals surface area contributed by atoms with Crippen molar-refractivity contribution in [3.8, 4) is 0 Å². The summed E-state index contributed by atoms with van der Waals surface area (Å²) in [6.45, 7) is 14.3. The van der Waals surface area contributed by atoms with Crippen molar-refractivity contribution in [1.82, 2.24) is 0 Å². The van der Waals surface area contributed by atoms with Gasteiger partial charge in [0.1, 0.15) is 5.92 Å². The lowest BCUT2D eigenvalue weighted by Gasteiger charge is -2.42. The van der Waals surface area contributed by atoms with Gasteiger partial charge in [0.05, 0.1) is 11.3 Å². The molecule has 0 spiro atoms. The first-order chi connectivity index (χ1) is 17.3. The zero-order valence-electron chi connectivity index (χ0n) is 23.6. The maximum absolute atomic E-state index is 14.4. The van der Waals surface area contributed by atoms with Gasteiger partial charge in [-0.15, -0.1) is 0 Å². The van der Waals surface area contributed by atoms with Gasteiger partial charge in [0.15, 0.2) is 23.1 Å². The van der Waals surface area contributed by atoms with Gasteiger partial charge >= 0.3 is 0 Å². The molecule has 2 aliphatic carbocycles. The highest BCUT2D eigenvalue weighted by molar-refractivity contribution is 6.36. The Labute approximate surface area is 222 Å². The summed E-state index contributed by atoms with van der Waals surface area (Å²) in [4.78, 5) is 56.0. The Kier molecular flexibility index (Phi) is 8.72. The second kappa shape index (κ2) is 11.2. The van der Waals surface area contributed by atoms with E-state index in [-0.39, 0.29) is 30.5 Å². The van der Waals surface area contributed by atoms with Crippen molar-refractivity contribution in [2.75, 3.05) is 0 Å². The molecule has 3 unspecified atom stereocenters. The van der Waals surface area contributed by atoms with Crippen LogP contribution in [0.25, 0.3) is 0 Å². The number of benzene rings is 1. The molecular formula is C33H42O4. The minimum atomic E-state index is -1.46. The summed E-state index contributed by atoms with van der Waals surface area (Å²) in [6, 6.07) is 8.52. The second-order valence-corrected chi connectivity index (χ2v) is 12.3. The van der Waals surface area contributed by atoms with Gasteiger partial charge in [0.2, 0.25) is 0 Å². The second-order valence-electron chi connectivity index (χ2n) is 12.3. The predicted octanol–water partition coefficient (Wildman–Crippen LogP) is 7.44. The highest BCUT2D eigenvalue weighted by atomic mass is 16.2. The first-order valence-corrected chi connectivity index (χ1v) is 13.4. The van der Waals surface area contributed by atoms with E-state index in [1.165, 1.54) is 5.57 Å². The SMILES string of the molecule is CC(C)=CCC1C(=O)C(C(=O)c2ccccc2)C(=O)C(CC=C(C)C)(CC2=C(C)CC(C)(C)CC2)C1=O. The molecule has 1 aromatic carbocycles. The van der Waals surface area contributed by atoms with E-state index in [0.717, 1.165) is 36.0 Å². The summed E-state index contributed by atoms with van der Waals surface area (Å²) >= 11 is 0. The Morgan fingerprint density at radius 1 is 0.946 bits per heavy atom. The summed E-state index contributed by atoms with van der Waals surface area (Å²) in [5.74, 6) is -4.35. The van der Waals surface area contributed by atoms with Crippen LogP contribution in [0.5, 0.6) is 0 Å². The number of carbonyl (C=O) groups is 4. The molecule has 0 aromatic heterocycles. The van der Waals surface area contributed by atoms with Crippen LogP contribution in [0.4, 0.5) is 0 Å². The van der Waals surface area contributed by atoms with E-state index in [4.69, 9.17) is 0 Å². The van der Waals surface area contributed by atoms with Crippen LogP contribution in [0, 0.1) is 22.7 Å². The Bertz CT molecular complexity index is 1170. The number of rotatable bonds is 8. The number of Topliss-reactive ketones (excluding diaryl/α,β-unsaturated/α-hetero) is 4. The zero-order valence-corrected chi connectivity index (χ0v) is 23.6. The molecule has 4 nitrogen and oxygen atoms in total. The Hall–Kier alpha value is -2.88. The summed E-state index contributed by atoms with van der Waals surface area (Å²) in [7, 11) is 0. The van der Waals surface area contributed by atoms with Gasteiger partial charge in [0.25, 0.3) is 0 Å². The van der Waals surface area contributed by atoms with Crippen molar-refractivity contribution < 1.29 is 19.2 Å². The molecule has 1 saturated carbocycles. The summed E-state index contributed by atoms with van der Waals surface area (Å²) in [5.41, 5.74) is 3.43. The monoisotopic (exact) mass is 502 g/mol. The predicted molar refractivity (Wildman–Crippen MR) is 148 cm³/mol. The molecule has 198 valence electrons. The Morgan fingerprint density at radius 3 is 2.14 bits per heavy atom. The van der Waals surface area contributed by atoms with Crippen molar-refractivity contribution >= 4 is 23.1 Å². The summed E-state index contributed by atoms with van der Waals surface area (Å²) in [5, 5.41) is 0. The topological polar surface area (TPSA) is 68.3 Å². The van der Waals surface area contributed by atoms with Gasteiger partial charge in [0, 0.05) is 5.56 Å². The number of allylic oxidation sites excluding steroid dienone is 6. The zero-order chi connectivity index (χ0) is 27.5. The van der Waals surface area contributed by atoms with E-state index < -0.39 is 34.6 Å². The van der Waals surface area contributed by atoms with Gasteiger partial charge in [-0.3, -0.25) is 19.2 Å². The van der Waals surface area contributed by atoms with E-state index in [1.54, 1.807) is 30.3 Å². The normalized spacial score (nSPS) is 25.6. The average Bonchev–Trinajstić information content (AvgIpc) is 2.82. The lowest BCUT2D eigenvalue weighted by atomic mass is 9.56. The van der Waals surface area contributed by atoms with Gasteiger partial charge in [-0.2, -0.15) is 0 Å². The van der Waals surface area contributed by atoms with Crippen molar-refractivity contribution in [2.24, 2.45) is 22.7 Å². The molecule has 3 rings (SSSR count). The fourth-order valence-electron chi connectivity index (χ4n) is 5.85. The third kappa shape index (κ3) is 6.17. The quantitative estimate of drug-likeness (QED) is 0.210. The van der Waals surface area contributed by atoms with Crippen LogP contribution in [0.3, 0.4) is 0 Å². The molecule has 2 aliphatic rings. The van der Waals surface area contributed by atoms with Crippen molar-refractivity contribution in [3.05, 3.63) is 70.3 Å². The lowest BCUT2D eigenvalue weighted by molar-refractivity contribution is -0.155. The van der Waals surface area contributed by atoms with Crippen LogP contribution < -0.4 is 0 Å². The number of carbonyl (C=O) groups excluding carboxylic acids is 4. The van der Waals surface area contributed by atoms with Crippen molar-refractivity contribution in [3.63, 3.8) is 0 Å². The molecule has 3 atom stereocenters. The number of hydrogen-bond acceptors (Lipinski definition) is 4. The molecule has 0 amide bonds. The van der Waals surface area contributed by atoms with Crippen LogP contribution in [-0.4, -0.2) is 23.1 Å². The van der Waals surface area contributed by atoms with Gasteiger partial charge < -0.3 is 0 Å². The molecule has 4 heteroatoms. The van der Waals surface area contributed by atoms with Crippen LogP contribution in [0.15, 0.2) is 64.8 Å². The van der Waals surface area contributed by atoms with Gasteiger partial charge in [-0.05, 0) is 78.6 Å². The van der Waals surface area contributed by atoms with E-state index >= 15 is 0 Å². The van der Waals surface area contributed by atoms with Crippen LogP contribution in [0.2, 0.25) is 0 Å². The standard InChI is InChI=1S/C33H42O4/c1-21(2)13-14-26-29(35)27(28(34)24-11-9-8-10-12-24)31(37)33(30(26)36,18-15-22(3)4)20-25-16-17-32(6,7)19-23(25)5/h8-13,15,26-27H,14,16-20H2,1-7H3. The maximum Gasteiger partial charge on any atom is 0.180 e. The van der Waals surface area contributed by atoms with Gasteiger partial charge in [-0.25, -0.2) is 0 Å². The smallest absolute Gasteiger partial charge is 0.180 e. The molecule has 1 aromatic rings. The van der Waals surface area contributed by atoms with E-state index in [2.05, 4.69) is 20.8 Å². The largest absolute Gasteiger partial charge is 0.298 e. The van der Waals surface area contributed by atoms with E-state index in [0.29, 0.717) is 5.56 Å². The lowest BCUT2D eigenvalue weighted by Crippen LogP contribution is -2.58. The third-order valence-corrected chi connectivity index (χ3v) is 8.06. The molecular weight excluding hydrogens is 460 g/mol. The first-order valence-electron chi connectivity index (χ1n) is 13.4. The molecule has 0 saturated heterocycles. The first kappa shape index (κ1) is 28.7. The molecule has 0 radical (unpaired) electrons.